The maximum Gasteiger partial charge on any atom is 0.120 e. The van der Waals surface area contributed by atoms with E-state index in [2.05, 4.69) is 29.3 Å². The van der Waals surface area contributed by atoms with Gasteiger partial charge in [-0.1, -0.05) is 13.3 Å². The average molecular weight is 305 g/mol. The maximum absolute atomic E-state index is 5.29. The molecule has 0 spiro atoms. The largest absolute Gasteiger partial charge is 0.497 e. The van der Waals surface area contributed by atoms with Crippen LogP contribution in [-0.2, 0) is 6.54 Å². The number of nitrogens with one attached hydrogen (secondary N) is 1. The third kappa shape index (κ3) is 3.36. The van der Waals surface area contributed by atoms with Crippen LogP contribution < -0.4 is 10.1 Å². The monoisotopic (exact) mass is 305 g/mol. The van der Waals surface area contributed by atoms with Crippen LogP contribution in [0.5, 0.6) is 5.75 Å². The summed E-state index contributed by atoms with van der Waals surface area (Å²) < 4.78 is 6.51. The third-order valence-corrected chi connectivity index (χ3v) is 5.08. The van der Waals surface area contributed by atoms with E-state index in [-0.39, 0.29) is 0 Å². The Balaban J connectivity index is 1.76. The van der Waals surface area contributed by atoms with E-state index in [1.807, 2.05) is 6.07 Å². The van der Waals surface area contributed by atoms with Gasteiger partial charge in [-0.15, -0.1) is 11.3 Å². The predicted octanol–water partition coefficient (Wildman–Crippen LogP) is 2.88. The van der Waals surface area contributed by atoms with Crippen LogP contribution in [0, 0.1) is 0 Å². The fourth-order valence-electron chi connectivity index (χ4n) is 2.95. The molecule has 3 rings (SSSR count). The normalized spacial score (nSPS) is 20.0. The van der Waals surface area contributed by atoms with E-state index >= 15 is 0 Å². The van der Waals surface area contributed by atoms with Crippen LogP contribution in [0.4, 0.5) is 0 Å². The fraction of sp³-hybridized carbons (Fsp3) is 0.562. The second-order valence-electron chi connectivity index (χ2n) is 5.56. The first kappa shape index (κ1) is 14.8. The van der Waals surface area contributed by atoms with Gasteiger partial charge in [0.15, 0.2) is 0 Å². The molecule has 1 fully saturated rings. The smallest absolute Gasteiger partial charge is 0.120 e. The van der Waals surface area contributed by atoms with Gasteiger partial charge >= 0.3 is 0 Å². The van der Waals surface area contributed by atoms with Crippen LogP contribution >= 0.6 is 11.3 Å². The second-order valence-corrected chi connectivity index (χ2v) is 6.67. The van der Waals surface area contributed by atoms with Gasteiger partial charge < -0.3 is 10.1 Å². The van der Waals surface area contributed by atoms with Crippen molar-refractivity contribution in [2.24, 2.45) is 0 Å². The van der Waals surface area contributed by atoms with Gasteiger partial charge in [0, 0.05) is 25.7 Å². The van der Waals surface area contributed by atoms with Crippen LogP contribution in [0.3, 0.4) is 0 Å². The molecule has 2 aromatic rings. The van der Waals surface area contributed by atoms with Crippen molar-refractivity contribution in [2.45, 2.75) is 32.4 Å². The first-order chi connectivity index (χ1) is 10.3. The molecule has 1 aliphatic rings. The summed E-state index contributed by atoms with van der Waals surface area (Å²) in [6, 6.07) is 6.76. The van der Waals surface area contributed by atoms with Gasteiger partial charge in [0.1, 0.15) is 10.8 Å². The van der Waals surface area contributed by atoms with E-state index in [0.717, 1.165) is 37.4 Å². The SMILES string of the molecule is CCCC1CNCCN1Cc1nc2ccc(OC)cc2s1. The van der Waals surface area contributed by atoms with Crippen molar-refractivity contribution in [1.29, 1.82) is 0 Å². The zero-order valence-corrected chi connectivity index (χ0v) is 13.6. The zero-order chi connectivity index (χ0) is 14.7. The number of hydrogen-bond donors (Lipinski definition) is 1. The number of thiazole rings is 1. The molecule has 2 heterocycles. The number of methoxy groups -OCH3 is 1. The van der Waals surface area contributed by atoms with Gasteiger partial charge in [-0.05, 0) is 24.6 Å². The number of fused-ring (bicyclic) bond motifs is 1. The Hall–Kier alpha value is -1.17. The van der Waals surface area contributed by atoms with Gasteiger partial charge in [0.05, 0.1) is 23.9 Å². The molecule has 114 valence electrons. The second kappa shape index (κ2) is 6.73. The quantitative estimate of drug-likeness (QED) is 0.922. The lowest BCUT2D eigenvalue weighted by Gasteiger charge is -2.35. The molecule has 1 unspecified atom stereocenters. The maximum atomic E-state index is 5.29. The number of rotatable bonds is 5. The van der Waals surface area contributed by atoms with Crippen molar-refractivity contribution >= 4 is 21.6 Å². The summed E-state index contributed by atoms with van der Waals surface area (Å²) >= 11 is 1.79. The molecule has 0 bridgehead atoms. The minimum absolute atomic E-state index is 0.644. The van der Waals surface area contributed by atoms with Gasteiger partial charge in [-0.2, -0.15) is 0 Å². The molecular weight excluding hydrogens is 282 g/mol. The van der Waals surface area contributed by atoms with Crippen LogP contribution in [0.25, 0.3) is 10.2 Å². The molecule has 0 radical (unpaired) electrons. The van der Waals surface area contributed by atoms with Crippen LogP contribution in [0.15, 0.2) is 18.2 Å². The highest BCUT2D eigenvalue weighted by molar-refractivity contribution is 7.18. The van der Waals surface area contributed by atoms with Gasteiger partial charge in [-0.3, -0.25) is 4.90 Å². The van der Waals surface area contributed by atoms with Crippen LogP contribution in [0.1, 0.15) is 24.8 Å². The highest BCUT2D eigenvalue weighted by atomic mass is 32.1. The van der Waals surface area contributed by atoms with Crippen LogP contribution in [0.2, 0.25) is 0 Å². The Morgan fingerprint density at radius 2 is 2.38 bits per heavy atom. The van der Waals surface area contributed by atoms with E-state index in [1.54, 1.807) is 18.4 Å². The minimum atomic E-state index is 0.644. The topological polar surface area (TPSA) is 37.4 Å². The number of aromatic nitrogens is 1. The van der Waals surface area contributed by atoms with Gasteiger partial charge in [0.25, 0.3) is 0 Å². The van der Waals surface area contributed by atoms with Crippen molar-refractivity contribution in [3.8, 4) is 5.75 Å². The fourth-order valence-corrected chi connectivity index (χ4v) is 3.97. The summed E-state index contributed by atoms with van der Waals surface area (Å²) in [7, 11) is 1.71. The number of piperazine rings is 1. The molecule has 4 nitrogen and oxygen atoms in total. The summed E-state index contributed by atoms with van der Waals surface area (Å²) in [5.41, 5.74) is 1.08. The van der Waals surface area contributed by atoms with Gasteiger partial charge in [-0.25, -0.2) is 4.98 Å². The number of hydrogen-bond acceptors (Lipinski definition) is 5. The first-order valence-corrected chi connectivity index (χ1v) is 8.50. The molecule has 1 aromatic heterocycles. The van der Waals surface area contributed by atoms with E-state index in [4.69, 9.17) is 9.72 Å². The highest BCUT2D eigenvalue weighted by Crippen LogP contribution is 2.27. The Kier molecular flexibility index (Phi) is 4.73. The highest BCUT2D eigenvalue weighted by Gasteiger charge is 2.22. The molecule has 0 amide bonds. The van der Waals surface area contributed by atoms with E-state index in [1.165, 1.54) is 22.5 Å². The predicted molar refractivity (Wildman–Crippen MR) is 88.1 cm³/mol. The molecule has 5 heteroatoms. The summed E-state index contributed by atoms with van der Waals surface area (Å²) in [6.45, 7) is 6.53. The lowest BCUT2D eigenvalue weighted by atomic mass is 10.1. The van der Waals surface area contributed by atoms with Crippen molar-refractivity contribution in [2.75, 3.05) is 26.7 Å². The first-order valence-electron chi connectivity index (χ1n) is 7.68. The Bertz CT molecular complexity index is 596. The summed E-state index contributed by atoms with van der Waals surface area (Å²) in [5.74, 6) is 0.906. The summed E-state index contributed by atoms with van der Waals surface area (Å²) in [6.07, 6.45) is 2.49. The summed E-state index contributed by atoms with van der Waals surface area (Å²) in [5, 5.41) is 4.71. The molecule has 21 heavy (non-hydrogen) atoms. The van der Waals surface area contributed by atoms with Crippen molar-refractivity contribution in [3.63, 3.8) is 0 Å². The van der Waals surface area contributed by atoms with Gasteiger partial charge in [0.2, 0.25) is 0 Å². The molecule has 0 aliphatic carbocycles. The molecule has 0 saturated carbocycles. The molecule has 1 N–H and O–H groups in total. The minimum Gasteiger partial charge on any atom is -0.497 e. The Morgan fingerprint density at radius 3 is 3.19 bits per heavy atom. The van der Waals surface area contributed by atoms with E-state index < -0.39 is 0 Å². The Morgan fingerprint density at radius 1 is 1.48 bits per heavy atom. The van der Waals surface area contributed by atoms with E-state index in [9.17, 15) is 0 Å². The van der Waals surface area contributed by atoms with Crippen LogP contribution in [-0.4, -0.2) is 42.7 Å². The number of nitrogens with zero attached hydrogens (tertiary/aromatic N) is 2. The van der Waals surface area contributed by atoms with Crippen molar-refractivity contribution < 1.29 is 4.74 Å². The number of ether oxygens (including phenoxy) is 1. The number of benzene rings is 1. The lowest BCUT2D eigenvalue weighted by Crippen LogP contribution is -2.50. The third-order valence-electron chi connectivity index (χ3n) is 4.07. The molecule has 1 atom stereocenters. The van der Waals surface area contributed by atoms with Crippen molar-refractivity contribution in [1.82, 2.24) is 15.2 Å². The molecular formula is C16H23N3OS. The lowest BCUT2D eigenvalue weighted by molar-refractivity contribution is 0.144. The Labute approximate surface area is 130 Å². The average Bonchev–Trinajstić information content (AvgIpc) is 2.90. The standard InChI is InChI=1S/C16H23N3OS/c1-3-4-12-10-17-7-8-19(12)11-16-18-14-6-5-13(20-2)9-15(14)21-16/h5-6,9,12,17H,3-4,7-8,10-11H2,1-2H3. The summed E-state index contributed by atoms with van der Waals surface area (Å²) in [4.78, 5) is 7.36. The molecule has 1 aromatic carbocycles. The zero-order valence-electron chi connectivity index (χ0n) is 12.8. The molecule has 1 saturated heterocycles. The van der Waals surface area contributed by atoms with Crippen molar-refractivity contribution in [3.05, 3.63) is 23.2 Å². The molecule has 1 aliphatic heterocycles. The van der Waals surface area contributed by atoms with E-state index in [0.29, 0.717) is 6.04 Å².